The molecule has 5 heterocycles. The lowest BCUT2D eigenvalue weighted by molar-refractivity contribution is -0.116. The normalized spacial score (nSPS) is 11.4. The zero-order valence-electron chi connectivity index (χ0n) is 20.1. The first-order valence-electron chi connectivity index (χ1n) is 11.8. The Kier molecular flexibility index (Phi) is 5.44. The van der Waals surface area contributed by atoms with E-state index in [1.807, 2.05) is 42.8 Å². The van der Waals surface area contributed by atoms with Crippen molar-refractivity contribution in [2.24, 2.45) is 0 Å². The molecule has 3 N–H and O–H groups in total. The number of imidazole rings is 2. The van der Waals surface area contributed by atoms with Crippen molar-refractivity contribution >= 4 is 33.5 Å². The third-order valence-corrected chi connectivity index (χ3v) is 6.02. The Morgan fingerprint density at radius 3 is 2.84 bits per heavy atom. The fraction of sp³-hybridized carbons (Fsp3) is 0.154. The molecule has 1 amide bonds. The van der Waals surface area contributed by atoms with Crippen molar-refractivity contribution in [3.8, 4) is 28.5 Å². The summed E-state index contributed by atoms with van der Waals surface area (Å²) >= 11 is 0. The maximum atomic E-state index is 16.0. The van der Waals surface area contributed by atoms with E-state index in [2.05, 4.69) is 35.5 Å². The van der Waals surface area contributed by atoms with Crippen LogP contribution in [-0.2, 0) is 4.79 Å². The van der Waals surface area contributed by atoms with E-state index < -0.39 is 5.82 Å². The number of amides is 1. The van der Waals surface area contributed by atoms with E-state index in [0.717, 1.165) is 23.3 Å². The minimum atomic E-state index is -0.564. The number of hydrogen-bond acceptors (Lipinski definition) is 6. The zero-order valence-corrected chi connectivity index (χ0v) is 20.1. The van der Waals surface area contributed by atoms with Gasteiger partial charge in [0.15, 0.2) is 11.6 Å². The van der Waals surface area contributed by atoms with Crippen molar-refractivity contribution in [1.29, 1.82) is 0 Å². The molecule has 6 aromatic rings. The number of fused-ring (bicyclic) bond motifs is 2. The highest BCUT2D eigenvalue weighted by Crippen LogP contribution is 2.33. The predicted molar refractivity (Wildman–Crippen MR) is 138 cm³/mol. The van der Waals surface area contributed by atoms with Gasteiger partial charge in [0, 0.05) is 24.4 Å². The quantitative estimate of drug-likeness (QED) is 0.300. The Balaban J connectivity index is 1.44. The van der Waals surface area contributed by atoms with Gasteiger partial charge >= 0.3 is 0 Å². The second-order valence-corrected chi connectivity index (χ2v) is 8.72. The van der Waals surface area contributed by atoms with Crippen molar-refractivity contribution in [3.05, 3.63) is 66.9 Å². The topological polar surface area (TPSA) is 130 Å². The molecule has 0 aliphatic heterocycles. The Morgan fingerprint density at radius 2 is 2.03 bits per heavy atom. The average Bonchev–Trinajstić information content (AvgIpc) is 3.62. The van der Waals surface area contributed by atoms with Crippen molar-refractivity contribution in [3.63, 3.8) is 0 Å². The number of nitrogens with zero attached hydrogens (tertiary/aromatic N) is 6. The highest BCUT2D eigenvalue weighted by molar-refractivity contribution is 5.96. The molecule has 1 aromatic carbocycles. The molecular formula is C26H22FN9O. The Hall–Kier alpha value is -4.93. The van der Waals surface area contributed by atoms with Gasteiger partial charge in [-0.25, -0.2) is 14.4 Å². The molecule has 0 radical (unpaired) electrons. The summed E-state index contributed by atoms with van der Waals surface area (Å²) in [7, 11) is 0. The number of anilines is 1. The van der Waals surface area contributed by atoms with Crippen LogP contribution in [0.25, 0.3) is 50.4 Å². The van der Waals surface area contributed by atoms with Crippen LogP contribution in [-0.4, -0.2) is 45.6 Å². The van der Waals surface area contributed by atoms with Crippen molar-refractivity contribution in [2.45, 2.75) is 26.7 Å². The van der Waals surface area contributed by atoms with Crippen LogP contribution in [0.15, 0.2) is 55.4 Å². The first kappa shape index (κ1) is 22.5. The zero-order chi connectivity index (χ0) is 25.5. The van der Waals surface area contributed by atoms with E-state index in [0.29, 0.717) is 40.2 Å². The number of aromatic amines is 2. The summed E-state index contributed by atoms with van der Waals surface area (Å²) in [4.78, 5) is 32.8. The molecule has 0 aliphatic rings. The van der Waals surface area contributed by atoms with Crippen LogP contribution in [0.5, 0.6) is 0 Å². The third kappa shape index (κ3) is 3.99. The molecule has 0 aliphatic carbocycles. The lowest BCUT2D eigenvalue weighted by atomic mass is 10.1. The molecule has 184 valence electrons. The van der Waals surface area contributed by atoms with Gasteiger partial charge in [-0.1, -0.05) is 13.0 Å². The van der Waals surface area contributed by atoms with Crippen molar-refractivity contribution in [2.75, 3.05) is 5.32 Å². The molecule has 37 heavy (non-hydrogen) atoms. The van der Waals surface area contributed by atoms with Gasteiger partial charge in [-0.3, -0.25) is 19.9 Å². The first-order valence-corrected chi connectivity index (χ1v) is 11.8. The molecule has 5 aromatic heterocycles. The van der Waals surface area contributed by atoms with Gasteiger partial charge in [0.1, 0.15) is 16.9 Å². The SMILES string of the molecule is CCCC(=O)Nc1cncc(-c2ncc3[nH]nc(-c4nc5c(-n6cnc(C)c6)cccc5[nH]4)c3c2F)c1. The van der Waals surface area contributed by atoms with Gasteiger partial charge < -0.3 is 14.9 Å². The molecule has 0 bridgehead atoms. The Morgan fingerprint density at radius 1 is 1.14 bits per heavy atom. The number of hydrogen-bond donors (Lipinski definition) is 3. The van der Waals surface area contributed by atoms with Crippen LogP contribution in [0.1, 0.15) is 25.5 Å². The number of benzene rings is 1. The highest BCUT2D eigenvalue weighted by atomic mass is 19.1. The van der Waals surface area contributed by atoms with Crippen LogP contribution in [0.3, 0.4) is 0 Å². The van der Waals surface area contributed by atoms with E-state index in [9.17, 15) is 4.79 Å². The van der Waals surface area contributed by atoms with Crippen LogP contribution < -0.4 is 5.32 Å². The molecule has 0 fully saturated rings. The second kappa shape index (κ2) is 8.94. The maximum Gasteiger partial charge on any atom is 0.224 e. The number of nitrogens with one attached hydrogen (secondary N) is 3. The van der Waals surface area contributed by atoms with E-state index in [1.165, 1.54) is 18.6 Å². The largest absolute Gasteiger partial charge is 0.336 e. The van der Waals surface area contributed by atoms with E-state index in [4.69, 9.17) is 4.98 Å². The first-order chi connectivity index (χ1) is 18.0. The van der Waals surface area contributed by atoms with E-state index in [-0.39, 0.29) is 17.0 Å². The highest BCUT2D eigenvalue weighted by Gasteiger charge is 2.21. The summed E-state index contributed by atoms with van der Waals surface area (Å²) in [6.45, 7) is 3.84. The third-order valence-electron chi connectivity index (χ3n) is 6.02. The average molecular weight is 496 g/mol. The fourth-order valence-corrected chi connectivity index (χ4v) is 4.33. The predicted octanol–water partition coefficient (Wildman–Crippen LogP) is 4.94. The lowest BCUT2D eigenvalue weighted by Gasteiger charge is -2.07. The fourth-order valence-electron chi connectivity index (χ4n) is 4.33. The van der Waals surface area contributed by atoms with Gasteiger partial charge in [-0.15, -0.1) is 0 Å². The van der Waals surface area contributed by atoms with Gasteiger partial charge in [0.25, 0.3) is 0 Å². The summed E-state index contributed by atoms with van der Waals surface area (Å²) in [6, 6.07) is 7.41. The van der Waals surface area contributed by atoms with Crippen LogP contribution in [0, 0.1) is 12.7 Å². The summed E-state index contributed by atoms with van der Waals surface area (Å²) < 4.78 is 17.9. The number of para-hydroxylation sites is 1. The van der Waals surface area contributed by atoms with E-state index >= 15 is 4.39 Å². The second-order valence-electron chi connectivity index (χ2n) is 8.72. The van der Waals surface area contributed by atoms with Crippen molar-refractivity contribution < 1.29 is 9.18 Å². The van der Waals surface area contributed by atoms with Crippen LogP contribution in [0.2, 0.25) is 0 Å². The van der Waals surface area contributed by atoms with Crippen LogP contribution in [0.4, 0.5) is 10.1 Å². The summed E-state index contributed by atoms with van der Waals surface area (Å²) in [5.41, 5.74) is 4.99. The standard InChI is InChI=1S/C26H22FN9O/c1-3-5-20(37)31-16-8-15(9-28-10-16)23-22(27)21-18(11-29-23)34-35-25(21)26-32-17-6-4-7-19(24(17)33-26)36-12-14(2)30-13-36/h4,6-13H,3,5H2,1-2H3,(H,31,37)(H,32,33)(H,34,35). The van der Waals surface area contributed by atoms with Crippen LogP contribution >= 0.6 is 0 Å². The number of aryl methyl sites for hydroxylation is 1. The molecule has 10 nitrogen and oxygen atoms in total. The number of aromatic nitrogens is 8. The number of halogens is 1. The summed E-state index contributed by atoms with van der Waals surface area (Å²) in [5.74, 6) is -0.274. The smallest absolute Gasteiger partial charge is 0.224 e. The number of rotatable bonds is 6. The number of carbonyl (C=O) groups is 1. The van der Waals surface area contributed by atoms with Gasteiger partial charge in [0.2, 0.25) is 5.91 Å². The number of H-pyrrole nitrogens is 2. The number of carbonyl (C=O) groups excluding carboxylic acids is 1. The molecular weight excluding hydrogens is 473 g/mol. The Bertz CT molecular complexity index is 1780. The molecule has 11 heteroatoms. The maximum absolute atomic E-state index is 16.0. The molecule has 0 saturated carbocycles. The lowest BCUT2D eigenvalue weighted by Crippen LogP contribution is -2.10. The molecule has 0 saturated heterocycles. The summed E-state index contributed by atoms with van der Waals surface area (Å²) in [5, 5.41) is 10.2. The minimum absolute atomic E-state index is 0.0972. The monoisotopic (exact) mass is 495 g/mol. The molecule has 0 atom stereocenters. The Labute approximate surface area is 210 Å². The van der Waals surface area contributed by atoms with Gasteiger partial charge in [-0.05, 0) is 31.5 Å². The molecule has 0 unspecified atom stereocenters. The van der Waals surface area contributed by atoms with Crippen molar-refractivity contribution in [1.82, 2.24) is 39.7 Å². The molecule has 6 rings (SSSR count). The van der Waals surface area contributed by atoms with E-state index in [1.54, 1.807) is 12.4 Å². The van der Waals surface area contributed by atoms with Gasteiger partial charge in [-0.2, -0.15) is 5.10 Å². The minimum Gasteiger partial charge on any atom is -0.336 e. The number of pyridine rings is 2. The summed E-state index contributed by atoms with van der Waals surface area (Å²) in [6.07, 6.45) is 9.30. The molecule has 0 spiro atoms. The van der Waals surface area contributed by atoms with Gasteiger partial charge in [0.05, 0.1) is 52.2 Å².